The number of carboxylic acid groups (broad SMARTS) is 1. The van der Waals surface area contributed by atoms with Gasteiger partial charge in [0.15, 0.2) is 0 Å². The number of alkyl carbamates (subject to hydrolysis) is 1. The van der Waals surface area contributed by atoms with E-state index in [1.54, 1.807) is 26.5 Å². The van der Waals surface area contributed by atoms with Crippen LogP contribution in [0.5, 0.6) is 0 Å². The predicted molar refractivity (Wildman–Crippen MR) is 177 cm³/mol. The SMILES string of the molecule is CC(C)(C)SSCC(NC(=O)OCC1c2ccccc2-c2ccccc21)C(=O)N(CCCCCC(=O)O)c1ccccc1. The lowest BCUT2D eigenvalue weighted by atomic mass is 9.98. The summed E-state index contributed by atoms with van der Waals surface area (Å²) in [5, 5.41) is 11.9. The molecule has 0 fully saturated rings. The number of carbonyl (C=O) groups excluding carboxylic acids is 2. The van der Waals surface area contributed by atoms with Gasteiger partial charge in [-0.2, -0.15) is 0 Å². The van der Waals surface area contributed by atoms with Crippen molar-refractivity contribution in [1.29, 1.82) is 0 Å². The number of rotatable bonds is 14. The van der Waals surface area contributed by atoms with E-state index in [1.807, 2.05) is 54.6 Å². The van der Waals surface area contributed by atoms with Crippen molar-refractivity contribution in [3.8, 4) is 11.1 Å². The third-order valence-corrected chi connectivity index (χ3v) is 10.4. The second-order valence-electron chi connectivity index (χ2n) is 11.5. The Morgan fingerprint density at radius 3 is 2.09 bits per heavy atom. The smallest absolute Gasteiger partial charge is 0.407 e. The summed E-state index contributed by atoms with van der Waals surface area (Å²) in [5.41, 5.74) is 5.28. The van der Waals surface area contributed by atoms with Crippen LogP contribution < -0.4 is 10.2 Å². The first-order chi connectivity index (χ1) is 20.6. The maximum atomic E-state index is 14.0. The highest BCUT2D eigenvalue weighted by Crippen LogP contribution is 2.44. The normalized spacial score (nSPS) is 13.1. The van der Waals surface area contributed by atoms with Crippen molar-refractivity contribution >= 4 is 45.2 Å². The number of hydrogen-bond donors (Lipinski definition) is 2. The van der Waals surface area contributed by atoms with Gasteiger partial charge in [0, 0.05) is 35.1 Å². The minimum atomic E-state index is -0.822. The van der Waals surface area contributed by atoms with Crippen molar-refractivity contribution in [1.82, 2.24) is 5.32 Å². The monoisotopic (exact) mass is 620 g/mol. The number of para-hydroxylation sites is 1. The molecule has 1 aliphatic carbocycles. The number of benzene rings is 3. The van der Waals surface area contributed by atoms with Gasteiger partial charge in [-0.15, -0.1) is 0 Å². The van der Waals surface area contributed by atoms with Gasteiger partial charge in [-0.05, 0) is 47.2 Å². The number of ether oxygens (including phenoxy) is 1. The molecule has 1 aliphatic rings. The van der Waals surface area contributed by atoms with E-state index in [0.717, 1.165) is 27.9 Å². The summed E-state index contributed by atoms with van der Waals surface area (Å²) in [6, 6.07) is 24.9. The van der Waals surface area contributed by atoms with Gasteiger partial charge >= 0.3 is 12.1 Å². The molecule has 1 unspecified atom stereocenters. The summed E-state index contributed by atoms with van der Waals surface area (Å²) in [6.45, 7) is 6.90. The van der Waals surface area contributed by atoms with E-state index in [-0.39, 0.29) is 29.6 Å². The molecule has 3 aromatic carbocycles. The first-order valence-electron chi connectivity index (χ1n) is 14.6. The Morgan fingerprint density at radius 2 is 1.49 bits per heavy atom. The summed E-state index contributed by atoms with van der Waals surface area (Å²) < 4.78 is 5.77. The minimum Gasteiger partial charge on any atom is -0.481 e. The van der Waals surface area contributed by atoms with Gasteiger partial charge in [0.05, 0.1) is 0 Å². The Hall–Kier alpha value is -3.43. The number of aliphatic carboxylic acids is 1. The number of amides is 2. The quantitative estimate of drug-likeness (QED) is 0.141. The van der Waals surface area contributed by atoms with Gasteiger partial charge in [-0.3, -0.25) is 9.59 Å². The second-order valence-corrected chi connectivity index (χ2v) is 14.7. The predicted octanol–water partition coefficient (Wildman–Crippen LogP) is 7.75. The third-order valence-electron chi connectivity index (χ3n) is 7.08. The van der Waals surface area contributed by atoms with Crippen molar-refractivity contribution in [3.05, 3.63) is 90.0 Å². The van der Waals surface area contributed by atoms with Crippen LogP contribution in [0.25, 0.3) is 11.1 Å². The van der Waals surface area contributed by atoms with Gasteiger partial charge in [0.1, 0.15) is 12.6 Å². The summed E-state index contributed by atoms with van der Waals surface area (Å²) in [5.74, 6) is -0.755. The van der Waals surface area contributed by atoms with Gasteiger partial charge in [0.25, 0.3) is 5.91 Å². The number of carboxylic acids is 1. The van der Waals surface area contributed by atoms with Gasteiger partial charge in [-0.25, -0.2) is 4.79 Å². The highest BCUT2D eigenvalue weighted by Gasteiger charge is 2.31. The van der Waals surface area contributed by atoms with Crippen molar-refractivity contribution in [2.24, 2.45) is 0 Å². The molecule has 43 heavy (non-hydrogen) atoms. The highest BCUT2D eigenvalue weighted by atomic mass is 33.1. The molecule has 0 spiro atoms. The van der Waals surface area contributed by atoms with Crippen LogP contribution in [0.4, 0.5) is 10.5 Å². The van der Waals surface area contributed by atoms with Crippen molar-refractivity contribution in [2.45, 2.75) is 63.2 Å². The zero-order valence-electron chi connectivity index (χ0n) is 25.0. The number of nitrogens with one attached hydrogen (secondary N) is 1. The largest absolute Gasteiger partial charge is 0.481 e. The van der Waals surface area contributed by atoms with Crippen molar-refractivity contribution in [3.63, 3.8) is 0 Å². The molecule has 3 aromatic rings. The number of carbonyl (C=O) groups is 3. The topological polar surface area (TPSA) is 95.9 Å². The molecule has 2 N–H and O–H groups in total. The molecule has 0 radical (unpaired) electrons. The van der Waals surface area contributed by atoms with E-state index in [9.17, 15) is 14.4 Å². The Labute approximate surface area is 262 Å². The van der Waals surface area contributed by atoms with Gasteiger partial charge in [0.2, 0.25) is 0 Å². The Balaban J connectivity index is 1.47. The summed E-state index contributed by atoms with van der Waals surface area (Å²) in [4.78, 5) is 39.9. The van der Waals surface area contributed by atoms with Crippen LogP contribution in [-0.2, 0) is 14.3 Å². The van der Waals surface area contributed by atoms with Crippen LogP contribution in [0.1, 0.15) is 63.5 Å². The van der Waals surface area contributed by atoms with E-state index in [4.69, 9.17) is 9.84 Å². The molecule has 0 heterocycles. The van der Waals surface area contributed by atoms with Crippen LogP contribution >= 0.6 is 21.6 Å². The molecule has 228 valence electrons. The number of unbranched alkanes of at least 4 members (excludes halogenated alkanes) is 2. The maximum Gasteiger partial charge on any atom is 0.407 e. The Morgan fingerprint density at radius 1 is 0.884 bits per heavy atom. The lowest BCUT2D eigenvalue weighted by molar-refractivity contribution is -0.137. The fraction of sp³-hybridized carbons (Fsp3) is 0.382. The summed E-state index contributed by atoms with van der Waals surface area (Å²) >= 11 is 0. The zero-order valence-corrected chi connectivity index (χ0v) is 26.6. The summed E-state index contributed by atoms with van der Waals surface area (Å²) in [6.07, 6.45) is 1.35. The van der Waals surface area contributed by atoms with Gasteiger partial charge < -0.3 is 20.1 Å². The molecule has 0 aliphatic heterocycles. The van der Waals surface area contributed by atoms with E-state index >= 15 is 0 Å². The lowest BCUT2D eigenvalue weighted by Crippen LogP contribution is -2.50. The van der Waals surface area contributed by atoms with Crippen LogP contribution in [0.15, 0.2) is 78.9 Å². The number of anilines is 1. The zero-order chi connectivity index (χ0) is 30.8. The number of fused-ring (bicyclic) bond motifs is 3. The highest BCUT2D eigenvalue weighted by molar-refractivity contribution is 8.77. The first kappa shape index (κ1) is 32.5. The molecule has 2 amide bonds. The van der Waals surface area contributed by atoms with Crippen LogP contribution in [-0.4, -0.2) is 52.8 Å². The van der Waals surface area contributed by atoms with Crippen molar-refractivity contribution < 1.29 is 24.2 Å². The molecule has 1 atom stereocenters. The molecular weight excluding hydrogens is 581 g/mol. The molecule has 0 saturated carbocycles. The molecule has 0 saturated heterocycles. The Bertz CT molecular complexity index is 1350. The maximum absolute atomic E-state index is 14.0. The summed E-state index contributed by atoms with van der Waals surface area (Å²) in [7, 11) is 3.20. The lowest BCUT2D eigenvalue weighted by Gasteiger charge is -2.28. The Kier molecular flexibility index (Phi) is 11.6. The average molecular weight is 621 g/mol. The molecule has 0 aromatic heterocycles. The average Bonchev–Trinajstić information content (AvgIpc) is 3.30. The molecule has 7 nitrogen and oxygen atoms in total. The van der Waals surface area contributed by atoms with E-state index in [2.05, 4.69) is 50.4 Å². The fourth-order valence-corrected chi connectivity index (χ4v) is 7.58. The van der Waals surface area contributed by atoms with E-state index in [0.29, 0.717) is 31.6 Å². The first-order valence-corrected chi connectivity index (χ1v) is 17.0. The standard InChI is InChI=1S/C34H40N2O5S2/c1-34(2,3)43-42-23-30(32(39)36(24-14-6-4-7-15-24)21-13-5-8-20-31(37)38)35-33(40)41-22-29-27-18-11-9-16-25(27)26-17-10-12-19-28(26)29/h4,6-7,9-12,14-19,29-30H,5,8,13,20-23H2,1-3H3,(H,35,40)(H,37,38). The molecule has 4 rings (SSSR count). The van der Waals surface area contributed by atoms with Gasteiger partial charge in [-0.1, -0.05) is 116 Å². The number of nitrogens with zero attached hydrogens (tertiary/aromatic N) is 1. The minimum absolute atomic E-state index is 0.0225. The molecule has 9 heteroatoms. The molecule has 0 bridgehead atoms. The third kappa shape index (κ3) is 9.28. The van der Waals surface area contributed by atoms with Crippen LogP contribution in [0, 0.1) is 0 Å². The molecular formula is C34H40N2O5S2. The fourth-order valence-electron chi connectivity index (χ4n) is 5.12. The van der Waals surface area contributed by atoms with Crippen molar-refractivity contribution in [2.75, 3.05) is 23.8 Å². The van der Waals surface area contributed by atoms with E-state index < -0.39 is 18.1 Å². The number of hydrogen-bond acceptors (Lipinski definition) is 6. The van der Waals surface area contributed by atoms with Crippen LogP contribution in [0.3, 0.4) is 0 Å². The van der Waals surface area contributed by atoms with E-state index in [1.165, 1.54) is 0 Å². The second kappa shape index (κ2) is 15.3. The van der Waals surface area contributed by atoms with Crippen LogP contribution in [0.2, 0.25) is 0 Å².